The minimum absolute atomic E-state index is 0.357. The van der Waals surface area contributed by atoms with E-state index in [0.717, 1.165) is 58.2 Å². The maximum Gasteiger partial charge on any atom is 0.119 e. The quantitative estimate of drug-likeness (QED) is 0.703. The van der Waals surface area contributed by atoms with Crippen molar-refractivity contribution in [1.82, 2.24) is 14.8 Å². The van der Waals surface area contributed by atoms with Gasteiger partial charge in [0.15, 0.2) is 0 Å². The number of hydrogen-bond acceptors (Lipinski definition) is 5. The molecule has 29 heavy (non-hydrogen) atoms. The van der Waals surface area contributed by atoms with Gasteiger partial charge in [-0.05, 0) is 61.2 Å². The van der Waals surface area contributed by atoms with E-state index in [1.807, 2.05) is 12.3 Å². The van der Waals surface area contributed by atoms with Gasteiger partial charge in [-0.25, -0.2) is 0 Å². The first-order valence-electron chi connectivity index (χ1n) is 11.1. The van der Waals surface area contributed by atoms with Gasteiger partial charge in [0.25, 0.3) is 0 Å². The standard InChI is InChI=1S/C24H31N3O2/c1-2-9-25-23(5-1)22-18-27-11-3-6-24(27)21-17-19(7-8-20(21)22)29-14-4-10-26-12-15-28-16-13-26/h1-2,5,7-9,17,22,24H,3-4,6,10-16,18H2/t22-,24+/m0/s1. The molecule has 0 amide bonds. The summed E-state index contributed by atoms with van der Waals surface area (Å²) in [6.07, 6.45) is 5.51. The van der Waals surface area contributed by atoms with E-state index in [0.29, 0.717) is 12.0 Å². The number of aromatic nitrogens is 1. The number of fused-ring (bicyclic) bond motifs is 3. The number of hydrogen-bond donors (Lipinski definition) is 0. The molecule has 0 saturated carbocycles. The molecule has 4 heterocycles. The zero-order valence-electron chi connectivity index (χ0n) is 17.1. The molecule has 5 heteroatoms. The largest absolute Gasteiger partial charge is 0.494 e. The topological polar surface area (TPSA) is 37.8 Å². The maximum absolute atomic E-state index is 6.16. The van der Waals surface area contributed by atoms with Gasteiger partial charge in [-0.3, -0.25) is 14.8 Å². The van der Waals surface area contributed by atoms with E-state index in [1.165, 1.54) is 36.2 Å². The lowest BCUT2D eigenvalue weighted by molar-refractivity contribution is 0.0358. The van der Waals surface area contributed by atoms with Gasteiger partial charge in [0.1, 0.15) is 5.75 Å². The van der Waals surface area contributed by atoms with Crippen LogP contribution >= 0.6 is 0 Å². The molecule has 154 valence electrons. The zero-order chi connectivity index (χ0) is 19.5. The van der Waals surface area contributed by atoms with Crippen LogP contribution in [-0.2, 0) is 4.74 Å². The molecule has 2 aromatic rings. The van der Waals surface area contributed by atoms with E-state index in [1.54, 1.807) is 0 Å². The van der Waals surface area contributed by atoms with Crippen LogP contribution in [0.2, 0.25) is 0 Å². The summed E-state index contributed by atoms with van der Waals surface area (Å²) in [7, 11) is 0. The van der Waals surface area contributed by atoms with Gasteiger partial charge in [-0.15, -0.1) is 0 Å². The number of nitrogens with zero attached hydrogens (tertiary/aromatic N) is 3. The number of ether oxygens (including phenoxy) is 2. The monoisotopic (exact) mass is 393 g/mol. The van der Waals surface area contributed by atoms with Crippen molar-refractivity contribution in [3.63, 3.8) is 0 Å². The van der Waals surface area contributed by atoms with E-state index in [-0.39, 0.29) is 0 Å². The molecule has 5 rings (SSSR count). The van der Waals surface area contributed by atoms with Crippen molar-refractivity contribution in [3.8, 4) is 5.75 Å². The Morgan fingerprint density at radius 3 is 2.86 bits per heavy atom. The molecular formula is C24H31N3O2. The van der Waals surface area contributed by atoms with Crippen LogP contribution in [0.5, 0.6) is 5.75 Å². The third-order valence-electron chi connectivity index (χ3n) is 6.61. The average Bonchev–Trinajstić information content (AvgIpc) is 3.26. The molecule has 0 radical (unpaired) electrons. The number of benzene rings is 1. The predicted molar refractivity (Wildman–Crippen MR) is 113 cm³/mol. The van der Waals surface area contributed by atoms with Crippen molar-refractivity contribution in [2.45, 2.75) is 31.2 Å². The molecule has 3 aliphatic rings. The predicted octanol–water partition coefficient (Wildman–Crippen LogP) is 3.47. The minimum Gasteiger partial charge on any atom is -0.494 e. The second kappa shape index (κ2) is 8.82. The van der Waals surface area contributed by atoms with Crippen LogP contribution in [0.15, 0.2) is 42.6 Å². The first kappa shape index (κ1) is 19.0. The van der Waals surface area contributed by atoms with E-state index in [4.69, 9.17) is 9.47 Å². The fourth-order valence-electron chi connectivity index (χ4n) is 5.12. The van der Waals surface area contributed by atoms with Crippen molar-refractivity contribution in [1.29, 1.82) is 0 Å². The lowest BCUT2D eigenvalue weighted by Crippen LogP contribution is -2.37. The number of pyridine rings is 1. The van der Waals surface area contributed by atoms with E-state index in [9.17, 15) is 0 Å². The Labute approximate surface area is 173 Å². The molecule has 0 unspecified atom stereocenters. The van der Waals surface area contributed by atoms with Crippen LogP contribution in [0.3, 0.4) is 0 Å². The summed E-state index contributed by atoms with van der Waals surface area (Å²) in [5, 5.41) is 0. The fraction of sp³-hybridized carbons (Fsp3) is 0.542. The summed E-state index contributed by atoms with van der Waals surface area (Å²) in [5.74, 6) is 1.37. The summed E-state index contributed by atoms with van der Waals surface area (Å²) >= 11 is 0. The van der Waals surface area contributed by atoms with Crippen molar-refractivity contribution in [3.05, 3.63) is 59.4 Å². The summed E-state index contributed by atoms with van der Waals surface area (Å²) in [6.45, 7) is 7.95. The molecule has 0 bridgehead atoms. The second-order valence-electron chi connectivity index (χ2n) is 8.41. The lowest BCUT2D eigenvalue weighted by Gasteiger charge is -2.37. The van der Waals surface area contributed by atoms with Crippen molar-refractivity contribution >= 4 is 0 Å². The lowest BCUT2D eigenvalue weighted by atomic mass is 9.83. The Morgan fingerprint density at radius 2 is 2.00 bits per heavy atom. The molecule has 1 aromatic heterocycles. The first-order chi connectivity index (χ1) is 14.4. The Bertz CT molecular complexity index is 807. The van der Waals surface area contributed by atoms with Gasteiger partial charge >= 0.3 is 0 Å². The number of rotatable bonds is 6. The third kappa shape index (κ3) is 4.18. The fourth-order valence-corrected chi connectivity index (χ4v) is 5.12. The van der Waals surface area contributed by atoms with Crippen LogP contribution in [0.1, 0.15) is 48.0 Å². The van der Waals surface area contributed by atoms with E-state index in [2.05, 4.69) is 45.1 Å². The normalized spacial score (nSPS) is 24.8. The highest BCUT2D eigenvalue weighted by Gasteiger charge is 2.37. The third-order valence-corrected chi connectivity index (χ3v) is 6.61. The highest BCUT2D eigenvalue weighted by atomic mass is 16.5. The van der Waals surface area contributed by atoms with E-state index >= 15 is 0 Å². The highest BCUT2D eigenvalue weighted by molar-refractivity contribution is 5.45. The minimum atomic E-state index is 0.357. The smallest absolute Gasteiger partial charge is 0.119 e. The summed E-state index contributed by atoms with van der Waals surface area (Å²) in [5.41, 5.74) is 4.07. The molecule has 0 aliphatic carbocycles. The van der Waals surface area contributed by atoms with Crippen LogP contribution in [0.25, 0.3) is 0 Å². The number of morpholine rings is 1. The molecule has 0 spiro atoms. The highest BCUT2D eigenvalue weighted by Crippen LogP contribution is 2.44. The Balaban J connectivity index is 1.29. The zero-order valence-corrected chi connectivity index (χ0v) is 17.1. The van der Waals surface area contributed by atoms with Gasteiger partial charge in [-0.1, -0.05) is 12.1 Å². The molecule has 2 saturated heterocycles. The van der Waals surface area contributed by atoms with Crippen molar-refractivity contribution in [2.24, 2.45) is 0 Å². The van der Waals surface area contributed by atoms with Gasteiger partial charge in [0.05, 0.1) is 19.8 Å². The average molecular weight is 394 g/mol. The summed E-state index contributed by atoms with van der Waals surface area (Å²) < 4.78 is 11.6. The van der Waals surface area contributed by atoms with Gasteiger partial charge in [0, 0.05) is 50.0 Å². The Hall–Kier alpha value is -1.95. The summed E-state index contributed by atoms with van der Waals surface area (Å²) in [4.78, 5) is 9.78. The van der Waals surface area contributed by atoms with Gasteiger partial charge in [0.2, 0.25) is 0 Å². The first-order valence-corrected chi connectivity index (χ1v) is 11.1. The molecule has 1 aromatic carbocycles. The molecular weight excluding hydrogens is 362 g/mol. The van der Waals surface area contributed by atoms with Gasteiger partial charge < -0.3 is 9.47 Å². The van der Waals surface area contributed by atoms with Gasteiger partial charge in [-0.2, -0.15) is 0 Å². The van der Waals surface area contributed by atoms with Crippen LogP contribution in [0, 0.1) is 0 Å². The Kier molecular flexibility index (Phi) is 5.79. The van der Waals surface area contributed by atoms with Crippen LogP contribution in [0.4, 0.5) is 0 Å². The second-order valence-corrected chi connectivity index (χ2v) is 8.41. The summed E-state index contributed by atoms with van der Waals surface area (Å²) in [6, 6.07) is 13.6. The van der Waals surface area contributed by atoms with Crippen molar-refractivity contribution in [2.75, 3.05) is 52.5 Å². The molecule has 2 fully saturated rings. The molecule has 2 atom stereocenters. The SMILES string of the molecule is c1ccc([C@H]2CN3CCC[C@@H]3c3cc(OCCCN4CCOCC4)ccc32)nc1. The maximum atomic E-state index is 6.16. The van der Waals surface area contributed by atoms with Crippen LogP contribution in [-0.4, -0.2) is 67.3 Å². The van der Waals surface area contributed by atoms with Crippen LogP contribution < -0.4 is 4.74 Å². The molecule has 0 N–H and O–H groups in total. The van der Waals surface area contributed by atoms with Crippen molar-refractivity contribution < 1.29 is 9.47 Å². The Morgan fingerprint density at radius 1 is 1.07 bits per heavy atom. The van der Waals surface area contributed by atoms with E-state index < -0.39 is 0 Å². The molecule has 5 nitrogen and oxygen atoms in total. The molecule has 3 aliphatic heterocycles.